The molecule has 0 N–H and O–H groups in total. The molecular weight excluding hydrogens is 516 g/mol. The molecule has 0 aromatic carbocycles. The average Bonchev–Trinajstić information content (AvgIpc) is 2.50. The van der Waals surface area contributed by atoms with E-state index in [1.807, 2.05) is 0 Å². The standard InChI is InChI=1S/C11HBrF16/c12-5(16,1-2(13)14)8(20,21)4(15)3-6(17,11(26,27)28)9(22,23)10(24,25)7(3,18)19/h1H. The van der Waals surface area contributed by atoms with E-state index in [4.69, 9.17) is 0 Å². The molecule has 0 aromatic rings. The lowest BCUT2D eigenvalue weighted by molar-refractivity contribution is -0.333. The highest BCUT2D eigenvalue weighted by molar-refractivity contribution is 9.10. The van der Waals surface area contributed by atoms with Crippen LogP contribution in [0.1, 0.15) is 0 Å². The number of hydrogen-bond acceptors (Lipinski definition) is 0. The highest BCUT2D eigenvalue weighted by atomic mass is 79.9. The lowest BCUT2D eigenvalue weighted by Crippen LogP contribution is -2.58. The molecule has 28 heavy (non-hydrogen) atoms. The van der Waals surface area contributed by atoms with Crippen LogP contribution in [0.2, 0.25) is 0 Å². The number of rotatable bonds is 3. The van der Waals surface area contributed by atoms with E-state index in [1.165, 1.54) is 0 Å². The van der Waals surface area contributed by atoms with Gasteiger partial charge >= 0.3 is 35.5 Å². The molecule has 0 amide bonds. The lowest BCUT2D eigenvalue weighted by atomic mass is 9.91. The molecule has 0 aromatic heterocycles. The Labute approximate surface area is 151 Å². The molecule has 2 atom stereocenters. The molecule has 0 aliphatic heterocycles. The minimum atomic E-state index is -7.56. The Balaban J connectivity index is 4.10. The van der Waals surface area contributed by atoms with Gasteiger partial charge in [0.25, 0.3) is 10.7 Å². The number of allylic oxidation sites excluding steroid dienone is 3. The average molecular weight is 517 g/mol. The van der Waals surface area contributed by atoms with Gasteiger partial charge in [0.1, 0.15) is 0 Å². The van der Waals surface area contributed by atoms with Crippen LogP contribution in [0.4, 0.5) is 70.2 Å². The maximum absolute atomic E-state index is 13.9. The van der Waals surface area contributed by atoms with Gasteiger partial charge in [-0.15, -0.1) is 0 Å². The van der Waals surface area contributed by atoms with Gasteiger partial charge in [-0.05, 0) is 15.9 Å². The summed E-state index contributed by atoms with van der Waals surface area (Å²) in [6, 6.07) is 0. The van der Waals surface area contributed by atoms with Crippen LogP contribution in [0.5, 0.6) is 0 Å². The third-order valence-corrected chi connectivity index (χ3v) is 4.20. The molecule has 0 bridgehead atoms. The van der Waals surface area contributed by atoms with Crippen molar-refractivity contribution < 1.29 is 70.2 Å². The van der Waals surface area contributed by atoms with Crippen LogP contribution in [0.3, 0.4) is 0 Å². The summed E-state index contributed by atoms with van der Waals surface area (Å²) >= 11 is 0.964. The van der Waals surface area contributed by atoms with E-state index < -0.39 is 63.7 Å². The number of alkyl halides is 14. The molecular formula is C11HBrF16. The fourth-order valence-electron chi connectivity index (χ4n) is 2.08. The Hall–Kier alpha value is -1.16. The molecule has 164 valence electrons. The highest BCUT2D eigenvalue weighted by Crippen LogP contribution is 2.70. The van der Waals surface area contributed by atoms with Crippen molar-refractivity contribution in [3.63, 3.8) is 0 Å². The summed E-state index contributed by atoms with van der Waals surface area (Å²) in [5, 5.41) is 0. The van der Waals surface area contributed by atoms with Crippen molar-refractivity contribution in [3.05, 3.63) is 23.6 Å². The van der Waals surface area contributed by atoms with Crippen LogP contribution in [0.25, 0.3) is 0 Å². The first-order valence-corrected chi connectivity index (χ1v) is 6.83. The summed E-state index contributed by atoms with van der Waals surface area (Å²) in [5.41, 5.74) is -12.3. The predicted molar refractivity (Wildman–Crippen MR) is 60.9 cm³/mol. The Morgan fingerprint density at radius 3 is 1.46 bits per heavy atom. The first kappa shape index (κ1) is 24.9. The fourth-order valence-corrected chi connectivity index (χ4v) is 2.43. The lowest BCUT2D eigenvalue weighted by Gasteiger charge is -2.32. The smallest absolute Gasteiger partial charge is 0.221 e. The second kappa shape index (κ2) is 6.17. The van der Waals surface area contributed by atoms with Crippen molar-refractivity contribution in [2.45, 2.75) is 40.1 Å². The Bertz CT molecular complexity index is 709. The molecule has 1 rings (SSSR count). The molecule has 1 fully saturated rings. The van der Waals surface area contributed by atoms with Gasteiger partial charge in [0, 0.05) is 6.08 Å². The minimum absolute atomic E-state index is 0.964. The first-order chi connectivity index (χ1) is 11.9. The third-order valence-electron chi connectivity index (χ3n) is 3.47. The molecule has 0 nitrogen and oxygen atoms in total. The molecule has 0 saturated heterocycles. The second-order valence-corrected chi connectivity index (χ2v) is 6.35. The Morgan fingerprint density at radius 1 is 0.750 bits per heavy atom. The zero-order valence-corrected chi connectivity index (χ0v) is 13.6. The summed E-state index contributed by atoms with van der Waals surface area (Å²) in [4.78, 5) is 0. The van der Waals surface area contributed by atoms with E-state index in [0.29, 0.717) is 0 Å². The maximum Gasteiger partial charge on any atom is 0.433 e. The van der Waals surface area contributed by atoms with Crippen LogP contribution in [0, 0.1) is 0 Å². The molecule has 0 radical (unpaired) electrons. The Morgan fingerprint density at radius 2 is 1.14 bits per heavy atom. The largest absolute Gasteiger partial charge is 0.433 e. The first-order valence-electron chi connectivity index (χ1n) is 6.04. The normalized spacial score (nSPS) is 30.6. The van der Waals surface area contributed by atoms with Crippen molar-refractivity contribution in [2.24, 2.45) is 0 Å². The zero-order chi connectivity index (χ0) is 22.9. The molecule has 0 heterocycles. The van der Waals surface area contributed by atoms with E-state index in [9.17, 15) is 70.2 Å². The minimum Gasteiger partial charge on any atom is -0.221 e. The van der Waals surface area contributed by atoms with Gasteiger partial charge in [-0.3, -0.25) is 0 Å². The molecule has 2 unspecified atom stereocenters. The molecule has 1 aliphatic carbocycles. The number of halogens is 17. The highest BCUT2D eigenvalue weighted by Gasteiger charge is 2.97. The molecule has 1 saturated carbocycles. The summed E-state index contributed by atoms with van der Waals surface area (Å²) in [6.07, 6.45) is -12.6. The summed E-state index contributed by atoms with van der Waals surface area (Å²) in [7, 11) is 0. The molecule has 0 spiro atoms. The van der Waals surface area contributed by atoms with E-state index in [0.717, 1.165) is 15.9 Å². The van der Waals surface area contributed by atoms with Gasteiger partial charge in [-0.2, -0.15) is 57.1 Å². The van der Waals surface area contributed by atoms with Crippen molar-refractivity contribution in [1.82, 2.24) is 0 Å². The molecule has 17 heteroatoms. The van der Waals surface area contributed by atoms with Gasteiger partial charge in [0.15, 0.2) is 5.83 Å². The van der Waals surface area contributed by atoms with Crippen LogP contribution in [-0.4, -0.2) is 40.1 Å². The van der Waals surface area contributed by atoms with Crippen LogP contribution >= 0.6 is 15.9 Å². The second-order valence-electron chi connectivity index (χ2n) is 5.20. The summed E-state index contributed by atoms with van der Waals surface area (Å²) in [6.45, 7) is 0. The SMILES string of the molecule is FC(F)=CC(F)(Br)C(F)(F)C(F)=C1C(F)(F)C(F)(F)C(F)(F)C1(F)C(F)(F)F. The van der Waals surface area contributed by atoms with Crippen molar-refractivity contribution in [2.75, 3.05) is 0 Å². The van der Waals surface area contributed by atoms with Gasteiger partial charge < -0.3 is 0 Å². The van der Waals surface area contributed by atoms with Gasteiger partial charge in [-0.25, -0.2) is 13.2 Å². The van der Waals surface area contributed by atoms with Crippen molar-refractivity contribution in [3.8, 4) is 0 Å². The Kier molecular flexibility index (Phi) is 5.48. The van der Waals surface area contributed by atoms with Gasteiger partial charge in [0.05, 0.1) is 5.57 Å². The van der Waals surface area contributed by atoms with E-state index >= 15 is 0 Å². The predicted octanol–water partition coefficient (Wildman–Crippen LogP) is 6.88. The van der Waals surface area contributed by atoms with Gasteiger partial charge in [-0.1, -0.05) is 0 Å². The third kappa shape index (κ3) is 2.81. The van der Waals surface area contributed by atoms with E-state index in [2.05, 4.69) is 0 Å². The summed E-state index contributed by atoms with van der Waals surface area (Å²) in [5.74, 6) is -33.8. The van der Waals surface area contributed by atoms with Gasteiger partial charge in [0.2, 0.25) is 0 Å². The van der Waals surface area contributed by atoms with Crippen molar-refractivity contribution in [1.29, 1.82) is 0 Å². The maximum atomic E-state index is 13.9. The quantitative estimate of drug-likeness (QED) is 0.283. The zero-order valence-electron chi connectivity index (χ0n) is 12.0. The topological polar surface area (TPSA) is 0 Å². The van der Waals surface area contributed by atoms with Crippen LogP contribution in [-0.2, 0) is 0 Å². The summed E-state index contributed by atoms with van der Waals surface area (Å²) < 4.78 is 204. The number of hydrogen-bond donors (Lipinski definition) is 0. The monoisotopic (exact) mass is 516 g/mol. The van der Waals surface area contributed by atoms with Crippen molar-refractivity contribution >= 4 is 15.9 Å². The van der Waals surface area contributed by atoms with E-state index in [-0.39, 0.29) is 0 Å². The van der Waals surface area contributed by atoms with E-state index in [1.54, 1.807) is 0 Å². The fraction of sp³-hybridized carbons (Fsp3) is 0.636. The van der Waals surface area contributed by atoms with Crippen LogP contribution < -0.4 is 0 Å². The molecule has 1 aliphatic rings. The van der Waals surface area contributed by atoms with Crippen LogP contribution in [0.15, 0.2) is 23.6 Å².